The van der Waals surface area contributed by atoms with Crippen molar-refractivity contribution in [1.29, 1.82) is 0 Å². The van der Waals surface area contributed by atoms with Gasteiger partial charge in [0.2, 0.25) is 5.91 Å². The van der Waals surface area contributed by atoms with Crippen molar-refractivity contribution in [3.8, 4) is 11.5 Å². The second kappa shape index (κ2) is 11.7. The third kappa shape index (κ3) is 5.15. The van der Waals surface area contributed by atoms with E-state index in [0.717, 1.165) is 20.8 Å². The molecule has 2 aliphatic rings. The minimum absolute atomic E-state index is 0.0166. The molecular formula is C30H33BrFN3O5. The molecule has 10 heteroatoms. The first-order valence-electron chi connectivity index (χ1n) is 13.4. The number of nitrogens with zero attached hydrogens (tertiary/aromatic N) is 1. The van der Waals surface area contributed by atoms with Crippen LogP contribution in [0.2, 0.25) is 0 Å². The zero-order valence-electron chi connectivity index (χ0n) is 22.8. The number of nitrogens with one attached hydrogen (secondary N) is 2. The molecule has 212 valence electrons. The molecule has 0 bridgehead atoms. The van der Waals surface area contributed by atoms with Crippen LogP contribution in [0.1, 0.15) is 31.7 Å². The minimum atomic E-state index is -1.18. The molecule has 5 rings (SSSR count). The topological polar surface area (TPSA) is 89.1 Å². The van der Waals surface area contributed by atoms with Gasteiger partial charge in [0, 0.05) is 22.9 Å². The van der Waals surface area contributed by atoms with E-state index in [0.29, 0.717) is 43.9 Å². The fourth-order valence-electron chi connectivity index (χ4n) is 5.66. The van der Waals surface area contributed by atoms with Crippen LogP contribution in [-0.2, 0) is 20.9 Å². The molecule has 1 fully saturated rings. The van der Waals surface area contributed by atoms with Gasteiger partial charge in [-0.1, -0.05) is 41.1 Å². The minimum Gasteiger partial charge on any atom is -0.496 e. The van der Waals surface area contributed by atoms with Gasteiger partial charge in [0.05, 0.1) is 38.6 Å². The maximum absolute atomic E-state index is 15.5. The van der Waals surface area contributed by atoms with E-state index >= 15 is 4.39 Å². The second-order valence-corrected chi connectivity index (χ2v) is 11.0. The van der Waals surface area contributed by atoms with E-state index < -0.39 is 23.5 Å². The zero-order chi connectivity index (χ0) is 28.4. The lowest BCUT2D eigenvalue weighted by atomic mass is 9.84. The maximum atomic E-state index is 15.5. The van der Waals surface area contributed by atoms with Gasteiger partial charge < -0.3 is 29.7 Å². The first kappa shape index (κ1) is 28.3. The van der Waals surface area contributed by atoms with Crippen molar-refractivity contribution in [3.05, 3.63) is 64.4 Å². The molecule has 1 unspecified atom stereocenters. The van der Waals surface area contributed by atoms with Crippen LogP contribution in [0.4, 0.5) is 10.1 Å². The van der Waals surface area contributed by atoms with Crippen molar-refractivity contribution in [1.82, 2.24) is 10.6 Å². The standard InChI is InChI=1S/C30H33BrFN3O5/c1-4-23(33-2)28(36)34-27-29(37)35(17-21-20-10-9-19(31)16-18(20)8-11-25(21)38-3)24-7-5-6-22(32)26(24)40-30(27)12-14-39-15-13-30/h5-11,16,23,27,33H,4,12-15,17H2,1-3H3,(H,34,36)/t23?,27-/m0/s1. The Balaban J connectivity index is 1.67. The summed E-state index contributed by atoms with van der Waals surface area (Å²) in [7, 11) is 3.28. The third-order valence-corrected chi connectivity index (χ3v) is 8.36. The Morgan fingerprint density at radius 3 is 2.70 bits per heavy atom. The van der Waals surface area contributed by atoms with Crippen molar-refractivity contribution < 1.29 is 28.2 Å². The van der Waals surface area contributed by atoms with Crippen molar-refractivity contribution in [2.45, 2.75) is 50.4 Å². The lowest BCUT2D eigenvalue weighted by molar-refractivity contribution is -0.138. The molecule has 0 aromatic heterocycles. The summed E-state index contributed by atoms with van der Waals surface area (Å²) in [6.45, 7) is 2.60. The van der Waals surface area contributed by atoms with E-state index in [-0.39, 0.29) is 24.1 Å². The van der Waals surface area contributed by atoms with Crippen LogP contribution in [0.25, 0.3) is 10.8 Å². The summed E-state index contributed by atoms with van der Waals surface area (Å²) in [4.78, 5) is 29.5. The van der Waals surface area contributed by atoms with Crippen molar-refractivity contribution in [2.24, 2.45) is 0 Å². The van der Waals surface area contributed by atoms with E-state index in [1.165, 1.54) is 11.0 Å². The molecule has 2 N–H and O–H groups in total. The van der Waals surface area contributed by atoms with E-state index in [2.05, 4.69) is 26.6 Å². The Hall–Kier alpha value is -3.21. The Kier molecular flexibility index (Phi) is 8.30. The molecule has 1 saturated heterocycles. The van der Waals surface area contributed by atoms with Crippen LogP contribution in [-0.4, -0.2) is 56.9 Å². The Morgan fingerprint density at radius 1 is 1.23 bits per heavy atom. The molecule has 0 saturated carbocycles. The fourth-order valence-corrected chi connectivity index (χ4v) is 6.04. The molecular weight excluding hydrogens is 581 g/mol. The van der Waals surface area contributed by atoms with Gasteiger partial charge in [-0.2, -0.15) is 0 Å². The zero-order valence-corrected chi connectivity index (χ0v) is 24.3. The van der Waals surface area contributed by atoms with Crippen LogP contribution < -0.4 is 25.0 Å². The summed E-state index contributed by atoms with van der Waals surface area (Å²) in [6, 6.07) is 12.6. The Morgan fingerprint density at radius 2 is 2.00 bits per heavy atom. The number of carbonyl (C=O) groups is 2. The number of hydrogen-bond acceptors (Lipinski definition) is 6. The van der Waals surface area contributed by atoms with Gasteiger partial charge in [0.25, 0.3) is 5.91 Å². The Labute approximate surface area is 241 Å². The van der Waals surface area contributed by atoms with Crippen LogP contribution in [0.15, 0.2) is 53.0 Å². The molecule has 2 heterocycles. The van der Waals surface area contributed by atoms with E-state index in [1.54, 1.807) is 26.3 Å². The van der Waals surface area contributed by atoms with Crippen LogP contribution in [0.5, 0.6) is 11.5 Å². The Bertz CT molecular complexity index is 1420. The normalized spacial score (nSPS) is 19.1. The predicted molar refractivity (Wildman–Crippen MR) is 154 cm³/mol. The lowest BCUT2D eigenvalue weighted by Gasteiger charge is -2.41. The highest BCUT2D eigenvalue weighted by molar-refractivity contribution is 9.10. The first-order chi connectivity index (χ1) is 19.3. The van der Waals surface area contributed by atoms with E-state index in [9.17, 15) is 9.59 Å². The number of carbonyl (C=O) groups excluding carboxylic acids is 2. The molecule has 8 nitrogen and oxygen atoms in total. The molecule has 40 heavy (non-hydrogen) atoms. The highest BCUT2D eigenvalue weighted by atomic mass is 79.9. The highest BCUT2D eigenvalue weighted by Gasteiger charge is 2.52. The van der Waals surface area contributed by atoms with Gasteiger partial charge in [0.1, 0.15) is 17.4 Å². The van der Waals surface area contributed by atoms with Gasteiger partial charge >= 0.3 is 0 Å². The summed E-state index contributed by atoms with van der Waals surface area (Å²) in [5, 5.41) is 7.82. The number of rotatable bonds is 7. The second-order valence-electron chi connectivity index (χ2n) is 10.1. The average Bonchev–Trinajstić information content (AvgIpc) is 3.04. The number of anilines is 1. The largest absolute Gasteiger partial charge is 0.496 e. The number of amides is 2. The van der Waals surface area contributed by atoms with Gasteiger partial charge in [-0.25, -0.2) is 4.39 Å². The molecule has 2 aliphatic heterocycles. The lowest BCUT2D eigenvalue weighted by Crippen LogP contribution is -2.65. The SMILES string of the molecule is CCC(NC)C(=O)N[C@H]1C(=O)N(Cc2c(OC)ccc3cc(Br)ccc23)c2cccc(F)c2OC12CCOCC2. The van der Waals surface area contributed by atoms with Crippen LogP contribution in [0, 0.1) is 5.82 Å². The van der Waals surface area contributed by atoms with Crippen LogP contribution >= 0.6 is 15.9 Å². The third-order valence-electron chi connectivity index (χ3n) is 7.87. The van der Waals surface area contributed by atoms with Crippen LogP contribution in [0.3, 0.4) is 0 Å². The summed E-state index contributed by atoms with van der Waals surface area (Å²) in [5.41, 5.74) is -0.133. The number of halogens is 2. The molecule has 0 radical (unpaired) electrons. The number of fused-ring (bicyclic) bond motifs is 2. The van der Waals surface area contributed by atoms with Crippen molar-refractivity contribution in [2.75, 3.05) is 32.3 Å². The van der Waals surface area contributed by atoms with Gasteiger partial charge in [0.15, 0.2) is 11.6 Å². The number of ether oxygens (including phenoxy) is 3. The smallest absolute Gasteiger partial charge is 0.254 e. The summed E-state index contributed by atoms with van der Waals surface area (Å²) < 4.78 is 34.2. The number of likely N-dealkylation sites (N-methyl/N-ethyl adjacent to an activating group) is 1. The fraction of sp³-hybridized carbons (Fsp3) is 0.400. The van der Waals surface area contributed by atoms with Gasteiger partial charge in [-0.15, -0.1) is 0 Å². The number of methoxy groups -OCH3 is 1. The van der Waals surface area contributed by atoms with E-state index in [4.69, 9.17) is 14.2 Å². The van der Waals surface area contributed by atoms with Crippen molar-refractivity contribution in [3.63, 3.8) is 0 Å². The molecule has 2 atom stereocenters. The molecule has 2 amide bonds. The van der Waals surface area contributed by atoms with Gasteiger partial charge in [-0.05, 0) is 54.6 Å². The molecule has 3 aromatic rings. The highest BCUT2D eigenvalue weighted by Crippen LogP contribution is 2.44. The predicted octanol–water partition coefficient (Wildman–Crippen LogP) is 4.71. The summed E-state index contributed by atoms with van der Waals surface area (Å²) >= 11 is 3.53. The monoisotopic (exact) mass is 613 g/mol. The average molecular weight is 615 g/mol. The summed E-state index contributed by atoms with van der Waals surface area (Å²) in [5.74, 6) is -0.715. The maximum Gasteiger partial charge on any atom is 0.254 e. The number of benzene rings is 3. The molecule has 0 aliphatic carbocycles. The van der Waals surface area contributed by atoms with Gasteiger partial charge in [-0.3, -0.25) is 9.59 Å². The van der Waals surface area contributed by atoms with E-state index in [1.807, 2.05) is 37.3 Å². The number of hydrogen-bond donors (Lipinski definition) is 2. The van der Waals surface area contributed by atoms with Crippen molar-refractivity contribution >= 4 is 44.2 Å². The number of para-hydroxylation sites is 1. The quantitative estimate of drug-likeness (QED) is 0.401. The molecule has 1 spiro atoms. The summed E-state index contributed by atoms with van der Waals surface area (Å²) in [6.07, 6.45) is 1.15. The molecule has 3 aromatic carbocycles. The first-order valence-corrected chi connectivity index (χ1v) is 14.2.